The van der Waals surface area contributed by atoms with Crippen LogP contribution >= 0.6 is 22.6 Å². The van der Waals surface area contributed by atoms with Gasteiger partial charge in [-0.25, -0.2) is 0 Å². The normalized spacial score (nSPS) is 24.8. The molecule has 0 aromatic heterocycles. The van der Waals surface area contributed by atoms with E-state index >= 15 is 0 Å². The molecule has 0 fully saturated rings. The molecular weight excluding hydrogens is 239 g/mol. The van der Waals surface area contributed by atoms with E-state index in [0.29, 0.717) is 5.71 Å². The van der Waals surface area contributed by atoms with Crippen LogP contribution in [-0.2, 0) is 0 Å². The maximum atomic E-state index is 7.30. The van der Waals surface area contributed by atoms with Gasteiger partial charge < -0.3 is 11.1 Å². The molecule has 0 aromatic rings. The summed E-state index contributed by atoms with van der Waals surface area (Å²) in [5.41, 5.74) is 7.29. The highest BCUT2D eigenvalue weighted by Gasteiger charge is 2.07. The Bertz CT molecular complexity index is 206. The maximum absolute atomic E-state index is 7.30. The molecule has 1 unspecified atom stereocenters. The summed E-state index contributed by atoms with van der Waals surface area (Å²) < 4.78 is 0.967. The number of nitrogens with two attached hydrogens (primary N) is 1. The molecule has 2 nitrogen and oxygen atoms in total. The van der Waals surface area contributed by atoms with Crippen LogP contribution in [0.15, 0.2) is 23.8 Å². The van der Waals surface area contributed by atoms with Crippen molar-refractivity contribution in [1.29, 1.82) is 5.41 Å². The summed E-state index contributed by atoms with van der Waals surface area (Å²) in [7, 11) is 0. The van der Waals surface area contributed by atoms with Gasteiger partial charge in [0.1, 0.15) is 0 Å². The quantitative estimate of drug-likeness (QED) is 0.532. The van der Waals surface area contributed by atoms with E-state index in [0.717, 1.165) is 4.43 Å². The van der Waals surface area contributed by atoms with Crippen molar-refractivity contribution >= 4 is 28.3 Å². The van der Waals surface area contributed by atoms with Crippen LogP contribution < -0.4 is 5.73 Å². The fourth-order valence-corrected chi connectivity index (χ4v) is 1.28. The van der Waals surface area contributed by atoms with E-state index in [2.05, 4.69) is 22.6 Å². The molecule has 0 radical (unpaired) electrons. The first kappa shape index (κ1) is 7.94. The fourth-order valence-electron chi connectivity index (χ4n) is 0.773. The van der Waals surface area contributed by atoms with Crippen molar-refractivity contribution in [2.75, 3.05) is 4.43 Å². The van der Waals surface area contributed by atoms with E-state index in [1.807, 2.05) is 12.2 Å². The summed E-state index contributed by atoms with van der Waals surface area (Å²) in [6.07, 6.45) is 5.63. The molecule has 1 aliphatic rings. The summed E-state index contributed by atoms with van der Waals surface area (Å²) in [4.78, 5) is 0. The highest BCUT2D eigenvalue weighted by molar-refractivity contribution is 14.1. The molecule has 0 amide bonds. The second-order valence-corrected chi connectivity index (χ2v) is 2.95. The number of hydrogen-bond donors (Lipinski definition) is 2. The fraction of sp³-hybridized carbons (Fsp3) is 0.286. The Morgan fingerprint density at radius 3 is 2.80 bits per heavy atom. The van der Waals surface area contributed by atoms with E-state index < -0.39 is 0 Å². The van der Waals surface area contributed by atoms with Crippen molar-refractivity contribution in [3.63, 3.8) is 0 Å². The van der Waals surface area contributed by atoms with Crippen molar-refractivity contribution < 1.29 is 0 Å². The lowest BCUT2D eigenvalue weighted by Gasteiger charge is -2.11. The molecular formula is C7H9IN2. The molecule has 1 atom stereocenters. The van der Waals surface area contributed by atoms with E-state index in [4.69, 9.17) is 11.1 Å². The van der Waals surface area contributed by atoms with Crippen molar-refractivity contribution in [2.45, 2.75) is 6.04 Å². The zero-order chi connectivity index (χ0) is 7.56. The molecule has 0 saturated carbocycles. The standard InChI is InChI=1S/C7H9IN2/c8-4-5-1-2-6(9)7(10)3-5/h1-3,7,9H,4,10H2. The second-order valence-electron chi connectivity index (χ2n) is 2.19. The Morgan fingerprint density at radius 1 is 1.60 bits per heavy atom. The number of halogens is 1. The number of hydrogen-bond acceptors (Lipinski definition) is 2. The molecule has 3 heteroatoms. The topological polar surface area (TPSA) is 49.9 Å². The van der Waals surface area contributed by atoms with E-state index in [1.54, 1.807) is 6.08 Å². The van der Waals surface area contributed by atoms with Gasteiger partial charge in [0.2, 0.25) is 0 Å². The molecule has 0 aromatic carbocycles. The number of nitrogens with one attached hydrogen (secondary N) is 1. The molecule has 54 valence electrons. The minimum Gasteiger partial charge on any atom is -0.319 e. The summed E-state index contributed by atoms with van der Waals surface area (Å²) in [6.45, 7) is 0. The monoisotopic (exact) mass is 248 g/mol. The lowest BCUT2D eigenvalue weighted by molar-refractivity contribution is 1.05. The van der Waals surface area contributed by atoms with Crippen LogP contribution in [0.5, 0.6) is 0 Å². The first-order valence-electron chi connectivity index (χ1n) is 3.03. The summed E-state index contributed by atoms with van der Waals surface area (Å²) >= 11 is 2.28. The van der Waals surface area contributed by atoms with Gasteiger partial charge in [0, 0.05) is 4.43 Å². The van der Waals surface area contributed by atoms with Gasteiger partial charge in [0.05, 0.1) is 11.8 Å². The summed E-state index contributed by atoms with van der Waals surface area (Å²) in [5.74, 6) is 0. The molecule has 0 bridgehead atoms. The zero-order valence-corrected chi connectivity index (χ0v) is 7.63. The Balaban J connectivity index is 2.75. The van der Waals surface area contributed by atoms with Crippen LogP contribution in [0.3, 0.4) is 0 Å². The minimum atomic E-state index is -0.185. The van der Waals surface area contributed by atoms with Gasteiger partial charge in [-0.05, 0) is 11.6 Å². The van der Waals surface area contributed by atoms with Gasteiger partial charge in [-0.2, -0.15) is 0 Å². The van der Waals surface area contributed by atoms with Crippen LogP contribution in [0.1, 0.15) is 0 Å². The highest BCUT2D eigenvalue weighted by Crippen LogP contribution is 2.09. The molecule has 1 aliphatic carbocycles. The second kappa shape index (κ2) is 3.30. The molecule has 3 N–H and O–H groups in total. The SMILES string of the molecule is N=C1C=CC(CI)=CC1N. The smallest absolute Gasteiger partial charge is 0.0654 e. The van der Waals surface area contributed by atoms with Gasteiger partial charge in [-0.15, -0.1) is 0 Å². The van der Waals surface area contributed by atoms with Crippen molar-refractivity contribution in [1.82, 2.24) is 0 Å². The molecule has 0 aliphatic heterocycles. The van der Waals surface area contributed by atoms with E-state index in [9.17, 15) is 0 Å². The molecule has 0 heterocycles. The molecule has 10 heavy (non-hydrogen) atoms. The number of rotatable bonds is 1. The molecule has 0 spiro atoms. The number of allylic oxidation sites excluding steroid dienone is 2. The average Bonchev–Trinajstić information content (AvgIpc) is 1.95. The predicted octanol–water partition coefficient (Wildman–Crippen LogP) is 1.26. The van der Waals surface area contributed by atoms with Crippen LogP contribution in [0.2, 0.25) is 0 Å². The van der Waals surface area contributed by atoms with Gasteiger partial charge in [-0.3, -0.25) is 0 Å². The van der Waals surface area contributed by atoms with Gasteiger partial charge in [0.25, 0.3) is 0 Å². The Hall–Kier alpha value is -0.160. The van der Waals surface area contributed by atoms with Gasteiger partial charge in [0.15, 0.2) is 0 Å². The van der Waals surface area contributed by atoms with Crippen LogP contribution in [0, 0.1) is 5.41 Å². The van der Waals surface area contributed by atoms with Gasteiger partial charge >= 0.3 is 0 Å². The number of alkyl halides is 1. The highest BCUT2D eigenvalue weighted by atomic mass is 127. The first-order chi connectivity index (χ1) is 4.74. The Kier molecular flexibility index (Phi) is 2.62. The minimum absolute atomic E-state index is 0.185. The first-order valence-corrected chi connectivity index (χ1v) is 4.55. The third-order valence-electron chi connectivity index (χ3n) is 1.38. The lowest BCUT2D eigenvalue weighted by atomic mass is 10.0. The predicted molar refractivity (Wildman–Crippen MR) is 51.8 cm³/mol. The molecule has 0 saturated heterocycles. The average molecular weight is 248 g/mol. The summed E-state index contributed by atoms with van der Waals surface area (Å²) in [5, 5.41) is 7.30. The maximum Gasteiger partial charge on any atom is 0.0654 e. The third kappa shape index (κ3) is 1.67. The summed E-state index contributed by atoms with van der Waals surface area (Å²) in [6, 6.07) is -0.185. The zero-order valence-electron chi connectivity index (χ0n) is 5.47. The Morgan fingerprint density at radius 2 is 2.30 bits per heavy atom. The van der Waals surface area contributed by atoms with E-state index in [-0.39, 0.29) is 6.04 Å². The van der Waals surface area contributed by atoms with Crippen molar-refractivity contribution in [3.8, 4) is 0 Å². The van der Waals surface area contributed by atoms with Crippen LogP contribution in [-0.4, -0.2) is 16.2 Å². The van der Waals surface area contributed by atoms with Crippen LogP contribution in [0.4, 0.5) is 0 Å². The van der Waals surface area contributed by atoms with E-state index in [1.165, 1.54) is 5.57 Å². The van der Waals surface area contributed by atoms with Gasteiger partial charge in [-0.1, -0.05) is 34.7 Å². The van der Waals surface area contributed by atoms with Crippen molar-refractivity contribution in [3.05, 3.63) is 23.8 Å². The third-order valence-corrected chi connectivity index (χ3v) is 2.26. The van der Waals surface area contributed by atoms with Crippen molar-refractivity contribution in [2.24, 2.45) is 5.73 Å². The lowest BCUT2D eigenvalue weighted by Crippen LogP contribution is -2.28. The molecule has 1 rings (SSSR count). The largest absolute Gasteiger partial charge is 0.319 e. The van der Waals surface area contributed by atoms with Crippen LogP contribution in [0.25, 0.3) is 0 Å². The Labute approximate surface area is 73.8 Å².